The van der Waals surface area contributed by atoms with E-state index in [2.05, 4.69) is 17.3 Å². The fourth-order valence-electron chi connectivity index (χ4n) is 1.88. The highest BCUT2D eigenvalue weighted by Crippen LogP contribution is 2.31. The number of hydrogen-bond acceptors (Lipinski definition) is 3. The molecule has 0 saturated carbocycles. The van der Waals surface area contributed by atoms with Gasteiger partial charge in [-0.1, -0.05) is 36.5 Å². The van der Waals surface area contributed by atoms with Gasteiger partial charge in [0, 0.05) is 12.1 Å². The van der Waals surface area contributed by atoms with E-state index >= 15 is 0 Å². The summed E-state index contributed by atoms with van der Waals surface area (Å²) in [4.78, 5) is 0. The van der Waals surface area contributed by atoms with Crippen LogP contribution in [0.15, 0.2) is 18.2 Å². The lowest BCUT2D eigenvalue weighted by Crippen LogP contribution is -2.01. The number of benzene rings is 1. The number of aromatic nitrogens is 2. The third-order valence-corrected chi connectivity index (χ3v) is 3.38. The molecule has 0 aliphatic heterocycles. The van der Waals surface area contributed by atoms with Crippen LogP contribution in [0.1, 0.15) is 19.0 Å². The number of nitrogen functional groups attached to an aromatic ring is 1. The van der Waals surface area contributed by atoms with Gasteiger partial charge in [-0.3, -0.25) is 4.68 Å². The first-order valence-corrected chi connectivity index (χ1v) is 6.82. The Labute approximate surface area is 122 Å². The lowest BCUT2D eigenvalue weighted by Gasteiger charge is -2.09. The molecular weight excluding hydrogens is 283 g/mol. The molecule has 1 aromatic carbocycles. The number of halogens is 2. The summed E-state index contributed by atoms with van der Waals surface area (Å²) in [5.74, 6) is 0.743. The Morgan fingerprint density at radius 3 is 2.74 bits per heavy atom. The lowest BCUT2D eigenvalue weighted by atomic mass is 10.2. The van der Waals surface area contributed by atoms with Crippen molar-refractivity contribution in [2.24, 2.45) is 7.05 Å². The Balaban J connectivity index is 2.33. The van der Waals surface area contributed by atoms with E-state index in [1.807, 2.05) is 13.1 Å². The minimum atomic E-state index is 0.546. The molecule has 0 saturated heterocycles. The van der Waals surface area contributed by atoms with Crippen molar-refractivity contribution in [2.45, 2.75) is 19.8 Å². The minimum Gasteiger partial charge on any atom is -0.394 e. The van der Waals surface area contributed by atoms with Crippen molar-refractivity contribution in [3.8, 4) is 0 Å². The van der Waals surface area contributed by atoms with E-state index in [0.29, 0.717) is 15.7 Å². The van der Waals surface area contributed by atoms with Gasteiger partial charge in [-0.05, 0) is 24.6 Å². The molecule has 102 valence electrons. The standard InChI is InChI=1S/C13H16Cl2N4/c1-3-4-11-12(16)13(19(2)18-11)17-10-6-5-8(14)7-9(10)15/h5-7,17H,3-4,16H2,1-2H3. The number of rotatable bonds is 4. The third kappa shape index (κ3) is 2.96. The highest BCUT2D eigenvalue weighted by Gasteiger charge is 2.13. The van der Waals surface area contributed by atoms with Crippen LogP contribution in [0.4, 0.5) is 17.2 Å². The van der Waals surface area contributed by atoms with Crippen LogP contribution in [0.2, 0.25) is 10.0 Å². The molecule has 3 N–H and O–H groups in total. The second-order valence-electron chi connectivity index (χ2n) is 4.33. The van der Waals surface area contributed by atoms with Crippen LogP contribution in [-0.4, -0.2) is 9.78 Å². The largest absolute Gasteiger partial charge is 0.394 e. The molecule has 0 fully saturated rings. The number of nitrogens with one attached hydrogen (secondary N) is 1. The molecule has 0 spiro atoms. The molecule has 0 aliphatic rings. The van der Waals surface area contributed by atoms with Gasteiger partial charge in [0.2, 0.25) is 0 Å². The van der Waals surface area contributed by atoms with Crippen LogP contribution in [0.25, 0.3) is 0 Å². The summed E-state index contributed by atoms with van der Waals surface area (Å²) in [5.41, 5.74) is 8.42. The summed E-state index contributed by atoms with van der Waals surface area (Å²) >= 11 is 12.0. The zero-order chi connectivity index (χ0) is 14.0. The Morgan fingerprint density at radius 1 is 1.37 bits per heavy atom. The molecule has 1 heterocycles. The Hall–Kier alpha value is -1.39. The second-order valence-corrected chi connectivity index (χ2v) is 5.18. The van der Waals surface area contributed by atoms with Crippen molar-refractivity contribution in [1.29, 1.82) is 0 Å². The average Bonchev–Trinajstić information content (AvgIpc) is 2.60. The molecule has 6 heteroatoms. The van der Waals surface area contributed by atoms with Gasteiger partial charge < -0.3 is 11.1 Å². The molecule has 2 rings (SSSR count). The molecule has 0 amide bonds. The van der Waals surface area contributed by atoms with Crippen LogP contribution < -0.4 is 11.1 Å². The summed E-state index contributed by atoms with van der Waals surface area (Å²) in [6.45, 7) is 2.09. The van der Waals surface area contributed by atoms with Crippen LogP contribution in [0.5, 0.6) is 0 Å². The van der Waals surface area contributed by atoms with E-state index in [4.69, 9.17) is 28.9 Å². The van der Waals surface area contributed by atoms with E-state index in [1.54, 1.807) is 16.8 Å². The number of anilines is 3. The van der Waals surface area contributed by atoms with Gasteiger partial charge in [-0.15, -0.1) is 0 Å². The lowest BCUT2D eigenvalue weighted by molar-refractivity contribution is 0.740. The van der Waals surface area contributed by atoms with E-state index in [9.17, 15) is 0 Å². The van der Waals surface area contributed by atoms with Crippen molar-refractivity contribution in [3.63, 3.8) is 0 Å². The van der Waals surface area contributed by atoms with Gasteiger partial charge in [0.15, 0.2) is 5.82 Å². The second kappa shape index (κ2) is 5.72. The van der Waals surface area contributed by atoms with Crippen molar-refractivity contribution >= 4 is 40.4 Å². The molecule has 0 radical (unpaired) electrons. The quantitative estimate of drug-likeness (QED) is 0.897. The van der Waals surface area contributed by atoms with Gasteiger partial charge >= 0.3 is 0 Å². The van der Waals surface area contributed by atoms with Crippen LogP contribution in [-0.2, 0) is 13.5 Å². The molecule has 19 heavy (non-hydrogen) atoms. The van der Waals surface area contributed by atoms with E-state index in [-0.39, 0.29) is 0 Å². The third-order valence-electron chi connectivity index (χ3n) is 2.83. The fraction of sp³-hybridized carbons (Fsp3) is 0.308. The van der Waals surface area contributed by atoms with Crippen LogP contribution >= 0.6 is 23.2 Å². The first-order chi connectivity index (χ1) is 9.02. The van der Waals surface area contributed by atoms with Crippen LogP contribution in [0.3, 0.4) is 0 Å². The SMILES string of the molecule is CCCc1nn(C)c(Nc2ccc(Cl)cc2Cl)c1N. The average molecular weight is 299 g/mol. The van der Waals surface area contributed by atoms with Crippen molar-refractivity contribution < 1.29 is 0 Å². The van der Waals surface area contributed by atoms with E-state index in [1.165, 1.54) is 0 Å². The maximum atomic E-state index is 6.13. The molecule has 0 bridgehead atoms. The highest BCUT2D eigenvalue weighted by atomic mass is 35.5. The van der Waals surface area contributed by atoms with Crippen molar-refractivity contribution in [2.75, 3.05) is 11.1 Å². The maximum absolute atomic E-state index is 6.13. The summed E-state index contributed by atoms with van der Waals surface area (Å²) in [6, 6.07) is 5.27. The molecule has 2 aromatic rings. The monoisotopic (exact) mass is 298 g/mol. The highest BCUT2D eigenvalue weighted by molar-refractivity contribution is 6.36. The van der Waals surface area contributed by atoms with Gasteiger partial charge in [-0.25, -0.2) is 0 Å². The molecule has 1 aromatic heterocycles. The summed E-state index contributed by atoms with van der Waals surface area (Å²) in [6.07, 6.45) is 1.86. The Bertz CT molecular complexity index is 593. The molecule has 4 nitrogen and oxygen atoms in total. The predicted octanol–water partition coefficient (Wildman–Crippen LogP) is 4.01. The topological polar surface area (TPSA) is 55.9 Å². The summed E-state index contributed by atoms with van der Waals surface area (Å²) < 4.78 is 1.73. The Kier molecular flexibility index (Phi) is 4.22. The van der Waals surface area contributed by atoms with Crippen molar-refractivity contribution in [1.82, 2.24) is 9.78 Å². The van der Waals surface area contributed by atoms with E-state index in [0.717, 1.165) is 30.0 Å². The first-order valence-electron chi connectivity index (χ1n) is 6.06. The number of hydrogen-bond donors (Lipinski definition) is 2. The van der Waals surface area contributed by atoms with Gasteiger partial charge in [0.1, 0.15) is 0 Å². The normalized spacial score (nSPS) is 10.7. The predicted molar refractivity (Wildman–Crippen MR) is 81.4 cm³/mol. The Morgan fingerprint density at radius 2 is 2.11 bits per heavy atom. The summed E-state index contributed by atoms with van der Waals surface area (Å²) in [5, 5.41) is 8.75. The zero-order valence-corrected chi connectivity index (χ0v) is 12.4. The van der Waals surface area contributed by atoms with Gasteiger partial charge in [0.05, 0.1) is 22.1 Å². The van der Waals surface area contributed by atoms with E-state index < -0.39 is 0 Å². The molecule has 0 atom stereocenters. The molecule has 0 aliphatic carbocycles. The minimum absolute atomic E-state index is 0.546. The zero-order valence-electron chi connectivity index (χ0n) is 10.9. The number of nitrogens with two attached hydrogens (primary N) is 1. The molecule has 0 unspecified atom stereocenters. The first kappa shape index (κ1) is 14.0. The fourth-order valence-corrected chi connectivity index (χ4v) is 2.34. The van der Waals surface area contributed by atoms with Gasteiger partial charge in [0.25, 0.3) is 0 Å². The number of aryl methyl sites for hydroxylation is 2. The maximum Gasteiger partial charge on any atom is 0.152 e. The summed E-state index contributed by atoms with van der Waals surface area (Å²) in [7, 11) is 1.85. The smallest absolute Gasteiger partial charge is 0.152 e. The number of nitrogens with zero attached hydrogens (tertiary/aromatic N) is 2. The van der Waals surface area contributed by atoms with Crippen molar-refractivity contribution in [3.05, 3.63) is 33.9 Å². The van der Waals surface area contributed by atoms with Gasteiger partial charge in [-0.2, -0.15) is 5.10 Å². The van der Waals surface area contributed by atoms with Crippen LogP contribution in [0, 0.1) is 0 Å². The molecular formula is C13H16Cl2N4.